The van der Waals surface area contributed by atoms with Crippen LogP contribution in [0.1, 0.15) is 54.4 Å². The summed E-state index contributed by atoms with van der Waals surface area (Å²) in [6, 6.07) is 16.8. The lowest BCUT2D eigenvalue weighted by molar-refractivity contribution is -0.124. The maximum atomic E-state index is 13.9. The standard InChI is InChI=1S/C35H36ClFN6O3/c36-30-17-25(37)12-13-32(30)43-21-24(19-41-43)35(45)42-22-27-18-33(42)34(44)40-15-5-3-1-2-4-14-39-20-29-28(10-7-11-31(29)38)23-8-6-9-26(16-23)46-27/h6-13,16-17,19-21,27,33H,1-5,14-15,18,22,38H2,(H,40,44). The third kappa shape index (κ3) is 7.07. The predicted octanol–water partition coefficient (Wildman–Crippen LogP) is 6.08. The van der Waals surface area contributed by atoms with Gasteiger partial charge in [-0.15, -0.1) is 0 Å². The Balaban J connectivity index is 1.28. The Hall–Kier alpha value is -4.70. The van der Waals surface area contributed by atoms with Crippen LogP contribution in [0.2, 0.25) is 5.02 Å². The average molecular weight is 643 g/mol. The first-order valence-electron chi connectivity index (χ1n) is 15.6. The molecule has 4 bridgehead atoms. The number of fused-ring (bicyclic) bond motifs is 6. The van der Waals surface area contributed by atoms with E-state index in [1.165, 1.54) is 35.3 Å². The second-order valence-electron chi connectivity index (χ2n) is 11.6. The van der Waals surface area contributed by atoms with Gasteiger partial charge in [0.15, 0.2) is 0 Å². The minimum absolute atomic E-state index is 0.162. The summed E-state index contributed by atoms with van der Waals surface area (Å²) in [7, 11) is 0. The van der Waals surface area contributed by atoms with Gasteiger partial charge >= 0.3 is 0 Å². The molecule has 0 aliphatic carbocycles. The second kappa shape index (κ2) is 14.2. The molecule has 11 heteroatoms. The van der Waals surface area contributed by atoms with E-state index in [4.69, 9.17) is 22.1 Å². The molecule has 2 amide bonds. The van der Waals surface area contributed by atoms with Crippen molar-refractivity contribution >= 4 is 35.3 Å². The molecule has 4 aromatic rings. The number of rotatable bonds is 2. The van der Waals surface area contributed by atoms with Crippen LogP contribution in [0, 0.1) is 5.82 Å². The minimum atomic E-state index is -0.722. The van der Waals surface area contributed by atoms with E-state index in [0.29, 0.717) is 30.1 Å². The molecule has 2 atom stereocenters. The number of likely N-dealkylation sites (tertiary alicyclic amines) is 1. The van der Waals surface area contributed by atoms with Crippen molar-refractivity contribution in [3.63, 3.8) is 0 Å². The van der Waals surface area contributed by atoms with Gasteiger partial charge in [-0.3, -0.25) is 14.6 Å². The fraction of sp³-hybridized carbons (Fsp3) is 0.314. The van der Waals surface area contributed by atoms with Gasteiger partial charge in [-0.2, -0.15) is 5.10 Å². The monoisotopic (exact) mass is 642 g/mol. The normalized spacial score (nSPS) is 19.2. The van der Waals surface area contributed by atoms with Crippen molar-refractivity contribution in [2.24, 2.45) is 4.99 Å². The van der Waals surface area contributed by atoms with E-state index in [1.54, 1.807) is 4.90 Å². The number of halogens is 2. The van der Waals surface area contributed by atoms with Crippen molar-refractivity contribution in [1.82, 2.24) is 20.0 Å². The molecule has 6 rings (SSSR count). The number of amides is 2. The third-order valence-electron chi connectivity index (χ3n) is 8.38. The number of nitrogen functional groups attached to an aromatic ring is 1. The predicted molar refractivity (Wildman–Crippen MR) is 177 cm³/mol. The first kappa shape index (κ1) is 31.3. The first-order chi connectivity index (χ1) is 22.4. The van der Waals surface area contributed by atoms with E-state index in [2.05, 4.69) is 15.4 Å². The van der Waals surface area contributed by atoms with Gasteiger partial charge in [0, 0.05) is 43.2 Å². The molecule has 0 saturated carbocycles. The lowest BCUT2D eigenvalue weighted by Crippen LogP contribution is -2.46. The number of aliphatic imine (C=N–C) groups is 1. The lowest BCUT2D eigenvalue weighted by atomic mass is 9.98. The number of hydrogen-bond acceptors (Lipinski definition) is 6. The quantitative estimate of drug-likeness (QED) is 0.258. The Bertz CT molecular complexity index is 1760. The zero-order valence-corrected chi connectivity index (χ0v) is 26.1. The number of ether oxygens (including phenoxy) is 1. The largest absolute Gasteiger partial charge is 0.488 e. The molecule has 0 radical (unpaired) electrons. The molecule has 1 saturated heterocycles. The SMILES string of the molecule is Nc1cccc2c1C=NCCCCCCCNC(=O)C1CC(CN1C(=O)c1cnn(-c3ccc(F)cc3Cl)c1)Oc1cccc-2c1. The third-order valence-corrected chi connectivity index (χ3v) is 8.69. The van der Waals surface area contributed by atoms with Gasteiger partial charge in [0.25, 0.3) is 5.91 Å². The number of nitrogens with one attached hydrogen (secondary N) is 1. The second-order valence-corrected chi connectivity index (χ2v) is 12.1. The molecule has 2 unspecified atom stereocenters. The first-order valence-corrected chi connectivity index (χ1v) is 16.0. The lowest BCUT2D eigenvalue weighted by Gasteiger charge is -2.23. The topological polar surface area (TPSA) is 115 Å². The highest BCUT2D eigenvalue weighted by Crippen LogP contribution is 2.32. The Morgan fingerprint density at radius 1 is 1.04 bits per heavy atom. The summed E-state index contributed by atoms with van der Waals surface area (Å²) in [5.74, 6) is -0.420. The highest BCUT2D eigenvalue weighted by Gasteiger charge is 2.41. The fourth-order valence-electron chi connectivity index (χ4n) is 6.01. The summed E-state index contributed by atoms with van der Waals surface area (Å²) >= 11 is 6.23. The smallest absolute Gasteiger partial charge is 0.257 e. The molecule has 2 aliphatic heterocycles. The van der Waals surface area contributed by atoms with Crippen LogP contribution in [0.5, 0.6) is 5.75 Å². The Kier molecular flexibility index (Phi) is 9.63. The van der Waals surface area contributed by atoms with E-state index < -0.39 is 18.0 Å². The van der Waals surface area contributed by atoms with Crippen LogP contribution in [0.3, 0.4) is 0 Å². The van der Waals surface area contributed by atoms with Gasteiger partial charge in [0.05, 0.1) is 29.0 Å². The van der Waals surface area contributed by atoms with E-state index in [1.807, 2.05) is 48.7 Å². The summed E-state index contributed by atoms with van der Waals surface area (Å²) in [6.07, 6.45) is 9.62. The maximum Gasteiger partial charge on any atom is 0.257 e. The van der Waals surface area contributed by atoms with Gasteiger partial charge in [0.1, 0.15) is 23.7 Å². The number of aromatic nitrogens is 2. The number of carbonyl (C=O) groups excluding carboxylic acids is 2. The molecule has 2 aliphatic rings. The minimum Gasteiger partial charge on any atom is -0.488 e. The molecule has 3 aromatic carbocycles. The molecule has 46 heavy (non-hydrogen) atoms. The van der Waals surface area contributed by atoms with Crippen LogP contribution in [-0.2, 0) is 4.79 Å². The number of benzene rings is 3. The van der Waals surface area contributed by atoms with Gasteiger partial charge < -0.3 is 20.7 Å². The van der Waals surface area contributed by atoms with Crippen molar-refractivity contribution in [3.05, 3.63) is 95.0 Å². The highest BCUT2D eigenvalue weighted by molar-refractivity contribution is 6.32. The van der Waals surface area contributed by atoms with E-state index in [9.17, 15) is 14.0 Å². The van der Waals surface area contributed by atoms with Crippen LogP contribution in [0.4, 0.5) is 10.1 Å². The van der Waals surface area contributed by atoms with Crippen molar-refractivity contribution < 1.29 is 18.7 Å². The van der Waals surface area contributed by atoms with Gasteiger partial charge in [0.2, 0.25) is 5.91 Å². The molecule has 3 N–H and O–H groups in total. The molecule has 1 aromatic heterocycles. The van der Waals surface area contributed by atoms with Gasteiger partial charge in [-0.25, -0.2) is 9.07 Å². The highest BCUT2D eigenvalue weighted by atomic mass is 35.5. The van der Waals surface area contributed by atoms with Crippen LogP contribution in [0.15, 0.2) is 78.0 Å². The summed E-state index contributed by atoms with van der Waals surface area (Å²) in [5, 5.41) is 7.49. The van der Waals surface area contributed by atoms with Crippen molar-refractivity contribution in [3.8, 4) is 22.6 Å². The van der Waals surface area contributed by atoms with Crippen molar-refractivity contribution in [2.75, 3.05) is 25.4 Å². The van der Waals surface area contributed by atoms with Crippen molar-refractivity contribution in [1.29, 1.82) is 0 Å². The molecule has 238 valence electrons. The Morgan fingerprint density at radius 3 is 2.74 bits per heavy atom. The van der Waals surface area contributed by atoms with Crippen molar-refractivity contribution in [2.45, 2.75) is 50.7 Å². The van der Waals surface area contributed by atoms with Gasteiger partial charge in [-0.05, 0) is 60.4 Å². The summed E-state index contributed by atoms with van der Waals surface area (Å²) < 4.78 is 21.5. The molecule has 9 nitrogen and oxygen atoms in total. The fourth-order valence-corrected chi connectivity index (χ4v) is 6.26. The van der Waals surface area contributed by atoms with E-state index in [-0.39, 0.29) is 28.9 Å². The number of carbonyl (C=O) groups is 2. The zero-order valence-electron chi connectivity index (χ0n) is 25.4. The van der Waals surface area contributed by atoms with E-state index in [0.717, 1.165) is 55.3 Å². The summed E-state index contributed by atoms with van der Waals surface area (Å²) in [6.45, 7) is 1.46. The Morgan fingerprint density at radius 2 is 1.87 bits per heavy atom. The van der Waals surface area contributed by atoms with Crippen LogP contribution >= 0.6 is 11.6 Å². The molecule has 3 heterocycles. The van der Waals surface area contributed by atoms with E-state index >= 15 is 0 Å². The molecule has 1 fully saturated rings. The molecular formula is C35H36ClFN6O3. The summed E-state index contributed by atoms with van der Waals surface area (Å²) in [4.78, 5) is 33.6. The van der Waals surface area contributed by atoms with Gasteiger partial charge in [-0.1, -0.05) is 55.1 Å². The number of nitrogens with two attached hydrogens (primary N) is 1. The van der Waals surface area contributed by atoms with Crippen LogP contribution in [-0.4, -0.2) is 64.5 Å². The van der Waals surface area contributed by atoms with Crippen LogP contribution < -0.4 is 15.8 Å². The number of nitrogens with zero attached hydrogens (tertiary/aromatic N) is 4. The molecule has 0 spiro atoms. The number of hydrogen-bond donors (Lipinski definition) is 2. The number of anilines is 1. The molecular weight excluding hydrogens is 607 g/mol. The van der Waals surface area contributed by atoms with Crippen LogP contribution in [0.25, 0.3) is 16.8 Å². The Labute approximate surface area is 272 Å². The zero-order chi connectivity index (χ0) is 32.0. The maximum absolute atomic E-state index is 13.9. The summed E-state index contributed by atoms with van der Waals surface area (Å²) in [5.41, 5.74) is 10.5. The average Bonchev–Trinajstić information content (AvgIpc) is 3.70.